The molecule has 0 fully saturated rings. The first-order valence-corrected chi connectivity index (χ1v) is 10.6. The number of hydrogen-bond donors (Lipinski definition) is 0. The molecule has 4 nitrogen and oxygen atoms in total. The van der Waals surface area contributed by atoms with Crippen molar-refractivity contribution in [3.05, 3.63) is 17.3 Å². The van der Waals surface area contributed by atoms with E-state index < -0.39 is 0 Å². The van der Waals surface area contributed by atoms with Crippen molar-refractivity contribution in [3.8, 4) is 0 Å². The number of thiophene rings is 1. The average Bonchev–Trinajstić information content (AvgIpc) is 2.96. The lowest BCUT2D eigenvalue weighted by Crippen LogP contribution is -2.33. The van der Waals surface area contributed by atoms with Crippen molar-refractivity contribution >= 4 is 39.2 Å². The molecule has 0 saturated carbocycles. The second-order valence-corrected chi connectivity index (χ2v) is 8.26. The van der Waals surface area contributed by atoms with Crippen molar-refractivity contribution in [2.24, 2.45) is 0 Å². The largest absolute Gasteiger partial charge is 0.343 e. The van der Waals surface area contributed by atoms with Gasteiger partial charge in [-0.2, -0.15) is 0 Å². The highest BCUT2D eigenvalue weighted by Crippen LogP contribution is 2.30. The molecule has 0 aliphatic carbocycles. The normalized spacial score (nSPS) is 11.1. The third kappa shape index (κ3) is 5.45. The first-order valence-electron chi connectivity index (χ1n) is 8.77. The fourth-order valence-corrected chi connectivity index (χ4v) is 4.34. The van der Waals surface area contributed by atoms with Crippen LogP contribution in [-0.2, 0) is 4.79 Å². The van der Waals surface area contributed by atoms with Crippen LogP contribution in [0.25, 0.3) is 10.2 Å². The summed E-state index contributed by atoms with van der Waals surface area (Å²) in [5.74, 6) is 1.05. The van der Waals surface area contributed by atoms with E-state index in [1.807, 2.05) is 4.90 Å². The van der Waals surface area contributed by atoms with Gasteiger partial charge in [0.15, 0.2) is 0 Å². The lowest BCUT2D eigenvalue weighted by Gasteiger charge is -2.22. The van der Waals surface area contributed by atoms with Crippen LogP contribution < -0.4 is 0 Å². The summed E-state index contributed by atoms with van der Waals surface area (Å²) in [6.45, 7) is 8.20. The second kappa shape index (κ2) is 9.99. The van der Waals surface area contributed by atoms with Crippen molar-refractivity contribution < 1.29 is 4.79 Å². The monoisotopic (exact) mass is 365 g/mol. The summed E-state index contributed by atoms with van der Waals surface area (Å²) < 4.78 is 0. The number of aryl methyl sites for hydroxylation is 1. The molecule has 0 N–H and O–H groups in total. The molecule has 6 heteroatoms. The Morgan fingerprint density at radius 1 is 1.21 bits per heavy atom. The number of hydrogen-bond acceptors (Lipinski definition) is 5. The third-order valence-electron chi connectivity index (χ3n) is 3.89. The zero-order chi connectivity index (χ0) is 17.4. The summed E-state index contributed by atoms with van der Waals surface area (Å²) >= 11 is 3.35. The van der Waals surface area contributed by atoms with Gasteiger partial charge >= 0.3 is 0 Å². The first-order chi connectivity index (χ1) is 11.7. The molecule has 0 aliphatic heterocycles. The van der Waals surface area contributed by atoms with Crippen LogP contribution in [0.2, 0.25) is 0 Å². The van der Waals surface area contributed by atoms with Crippen molar-refractivity contribution in [2.45, 2.75) is 57.9 Å². The smallest absolute Gasteiger partial charge is 0.223 e. The lowest BCUT2D eigenvalue weighted by molar-refractivity contribution is -0.130. The molecule has 2 aromatic heterocycles. The third-order valence-corrected chi connectivity index (χ3v) is 5.85. The molecule has 2 heterocycles. The zero-order valence-corrected chi connectivity index (χ0v) is 16.5. The zero-order valence-electron chi connectivity index (χ0n) is 14.9. The Hall–Kier alpha value is -1.14. The van der Waals surface area contributed by atoms with E-state index in [9.17, 15) is 4.79 Å². The Bertz CT molecular complexity index is 649. The molecular formula is C18H27N3OS2. The number of thioether (sulfide) groups is 1. The number of carbonyl (C=O) groups is 1. The van der Waals surface area contributed by atoms with E-state index in [1.165, 1.54) is 4.88 Å². The lowest BCUT2D eigenvalue weighted by atomic mass is 10.2. The van der Waals surface area contributed by atoms with Crippen LogP contribution in [0.1, 0.15) is 50.8 Å². The van der Waals surface area contributed by atoms with Gasteiger partial charge in [0.2, 0.25) is 5.91 Å². The van der Waals surface area contributed by atoms with Gasteiger partial charge in [0.25, 0.3) is 0 Å². The Kier molecular flexibility index (Phi) is 7.99. The Balaban J connectivity index is 1.89. The summed E-state index contributed by atoms with van der Waals surface area (Å²) in [4.78, 5) is 25.5. The van der Waals surface area contributed by atoms with Crippen LogP contribution in [0, 0.1) is 6.92 Å². The van der Waals surface area contributed by atoms with Crippen molar-refractivity contribution in [1.82, 2.24) is 14.9 Å². The van der Waals surface area contributed by atoms with Gasteiger partial charge in [0.1, 0.15) is 16.2 Å². The highest BCUT2D eigenvalue weighted by molar-refractivity contribution is 7.99. The maximum atomic E-state index is 12.5. The van der Waals surface area contributed by atoms with E-state index >= 15 is 0 Å². The summed E-state index contributed by atoms with van der Waals surface area (Å²) in [6, 6.07) is 2.14. The van der Waals surface area contributed by atoms with Crippen LogP contribution in [0.4, 0.5) is 0 Å². The van der Waals surface area contributed by atoms with Gasteiger partial charge in [-0.3, -0.25) is 4.79 Å². The minimum atomic E-state index is 0.274. The summed E-state index contributed by atoms with van der Waals surface area (Å²) in [5.41, 5.74) is 0. The highest BCUT2D eigenvalue weighted by Gasteiger charge is 2.13. The molecular weight excluding hydrogens is 338 g/mol. The van der Waals surface area contributed by atoms with E-state index in [2.05, 4.69) is 36.8 Å². The van der Waals surface area contributed by atoms with Crippen molar-refractivity contribution in [3.63, 3.8) is 0 Å². The molecule has 0 unspecified atom stereocenters. The van der Waals surface area contributed by atoms with Crippen LogP contribution in [0.15, 0.2) is 17.4 Å². The Morgan fingerprint density at radius 3 is 2.58 bits per heavy atom. The highest BCUT2D eigenvalue weighted by atomic mass is 32.2. The van der Waals surface area contributed by atoms with Crippen molar-refractivity contribution in [2.75, 3.05) is 18.8 Å². The first kappa shape index (κ1) is 19.2. The fraction of sp³-hybridized carbons (Fsp3) is 0.611. The Labute approximate surface area is 153 Å². The number of nitrogens with zero attached hydrogens (tertiary/aromatic N) is 3. The number of aromatic nitrogens is 2. The quantitative estimate of drug-likeness (QED) is 0.443. The standard InChI is InChI=1S/C18H27N3OS2/c1-4-6-9-21(10-7-5-2)16(22)8-11-23-17-15-12-14(3)24-18(15)20-13-19-17/h12-13H,4-11H2,1-3H3. The van der Waals surface area contributed by atoms with E-state index in [0.717, 1.165) is 59.8 Å². The van der Waals surface area contributed by atoms with Crippen LogP contribution in [0.3, 0.4) is 0 Å². The fourth-order valence-electron chi connectivity index (χ4n) is 2.52. The molecule has 0 bridgehead atoms. The number of amides is 1. The topological polar surface area (TPSA) is 46.1 Å². The minimum absolute atomic E-state index is 0.274. The van der Waals surface area contributed by atoms with Gasteiger partial charge in [0, 0.05) is 35.5 Å². The molecule has 0 aromatic carbocycles. The number of unbranched alkanes of at least 4 members (excludes halogenated alkanes) is 2. The Morgan fingerprint density at radius 2 is 1.92 bits per heavy atom. The predicted molar refractivity (Wildman–Crippen MR) is 104 cm³/mol. The van der Waals surface area contributed by atoms with Crippen LogP contribution >= 0.6 is 23.1 Å². The maximum absolute atomic E-state index is 12.5. The van der Waals surface area contributed by atoms with Crippen LogP contribution in [-0.4, -0.2) is 39.6 Å². The predicted octanol–water partition coefficient (Wildman–Crippen LogP) is 4.91. The molecule has 0 spiro atoms. The van der Waals surface area contributed by atoms with E-state index in [4.69, 9.17) is 0 Å². The second-order valence-electron chi connectivity index (χ2n) is 5.94. The maximum Gasteiger partial charge on any atom is 0.223 e. The van der Waals surface area contributed by atoms with Gasteiger partial charge in [-0.25, -0.2) is 9.97 Å². The molecule has 0 aliphatic rings. The molecule has 1 amide bonds. The molecule has 2 aromatic rings. The molecule has 0 saturated heterocycles. The number of rotatable bonds is 10. The molecule has 24 heavy (non-hydrogen) atoms. The molecule has 0 radical (unpaired) electrons. The van der Waals surface area contributed by atoms with Gasteiger partial charge in [-0.15, -0.1) is 23.1 Å². The van der Waals surface area contributed by atoms with Crippen molar-refractivity contribution in [1.29, 1.82) is 0 Å². The van der Waals surface area contributed by atoms with Gasteiger partial charge in [-0.1, -0.05) is 26.7 Å². The summed E-state index contributed by atoms with van der Waals surface area (Å²) in [7, 11) is 0. The van der Waals surface area contributed by atoms with E-state index in [-0.39, 0.29) is 5.91 Å². The molecule has 132 valence electrons. The average molecular weight is 366 g/mol. The minimum Gasteiger partial charge on any atom is -0.343 e. The molecule has 0 atom stereocenters. The van der Waals surface area contributed by atoms with Gasteiger partial charge in [-0.05, 0) is 25.8 Å². The van der Waals surface area contributed by atoms with Gasteiger partial charge < -0.3 is 4.90 Å². The van der Waals surface area contributed by atoms with Gasteiger partial charge in [0.05, 0.1) is 0 Å². The summed E-state index contributed by atoms with van der Waals surface area (Å²) in [5, 5.41) is 2.11. The van der Waals surface area contributed by atoms with Crippen LogP contribution in [0.5, 0.6) is 0 Å². The molecule has 2 rings (SSSR count). The van der Waals surface area contributed by atoms with E-state index in [1.54, 1.807) is 29.4 Å². The summed E-state index contributed by atoms with van der Waals surface area (Å²) in [6.07, 6.45) is 6.62. The SMILES string of the molecule is CCCCN(CCCC)C(=O)CCSc1ncnc2sc(C)cc12. The van der Waals surface area contributed by atoms with E-state index in [0.29, 0.717) is 6.42 Å². The number of fused-ring (bicyclic) bond motifs is 1. The number of carbonyl (C=O) groups excluding carboxylic acids is 1.